The Kier molecular flexibility index (Phi) is 5.24. The Hall–Kier alpha value is -0.840. The summed E-state index contributed by atoms with van der Waals surface area (Å²) in [6.07, 6.45) is 0. The Morgan fingerprint density at radius 2 is 1.95 bits per heavy atom. The van der Waals surface area contributed by atoms with Crippen LogP contribution in [0.4, 0.5) is 0 Å². The fraction of sp³-hybridized carbons (Fsp3) is 0.312. The third-order valence-electron chi connectivity index (χ3n) is 3.17. The largest absolute Gasteiger partial charge is 0.313 e. The van der Waals surface area contributed by atoms with E-state index < -0.39 is 0 Å². The zero-order chi connectivity index (χ0) is 14.7. The van der Waals surface area contributed by atoms with E-state index in [1.165, 1.54) is 16.0 Å². The highest BCUT2D eigenvalue weighted by atomic mass is 79.9. The molecule has 0 radical (unpaired) electrons. The molecule has 1 heterocycles. The van der Waals surface area contributed by atoms with Crippen LogP contribution < -0.4 is 5.32 Å². The van der Waals surface area contributed by atoms with Gasteiger partial charge in [-0.2, -0.15) is 0 Å². The molecule has 2 aromatic rings. The van der Waals surface area contributed by atoms with Crippen LogP contribution in [-0.2, 0) is 0 Å². The normalized spacial score (nSPS) is 12.4. The summed E-state index contributed by atoms with van der Waals surface area (Å²) in [5.41, 5.74) is 3.58. The number of aryl methyl sites for hydroxylation is 2. The van der Waals surface area contributed by atoms with Gasteiger partial charge < -0.3 is 5.32 Å². The average molecular weight is 351 g/mol. The van der Waals surface area contributed by atoms with Crippen LogP contribution in [0.1, 0.15) is 29.8 Å². The molecule has 2 nitrogen and oxygen atoms in total. The fourth-order valence-corrected chi connectivity index (χ4v) is 3.92. The molecule has 1 aromatic carbocycles. The lowest BCUT2D eigenvalue weighted by atomic mass is 10.1. The van der Waals surface area contributed by atoms with Crippen molar-refractivity contribution in [2.45, 2.75) is 36.7 Å². The van der Waals surface area contributed by atoms with Gasteiger partial charge in [-0.15, -0.1) is 0 Å². The molecule has 1 unspecified atom stereocenters. The van der Waals surface area contributed by atoms with Crippen LogP contribution in [0.2, 0.25) is 0 Å². The number of pyridine rings is 1. The maximum absolute atomic E-state index is 4.57. The van der Waals surface area contributed by atoms with Crippen molar-refractivity contribution in [1.82, 2.24) is 10.3 Å². The van der Waals surface area contributed by atoms with Gasteiger partial charge in [-0.05, 0) is 63.2 Å². The number of nitrogens with one attached hydrogen (secondary N) is 1. The van der Waals surface area contributed by atoms with Crippen LogP contribution in [0, 0.1) is 13.8 Å². The Bertz CT molecular complexity index is 593. The molecule has 0 fully saturated rings. The predicted molar refractivity (Wildman–Crippen MR) is 89.5 cm³/mol. The Labute approximate surface area is 133 Å². The molecule has 0 spiro atoms. The molecule has 0 amide bonds. The van der Waals surface area contributed by atoms with E-state index in [0.717, 1.165) is 15.2 Å². The molecule has 0 aliphatic heterocycles. The average Bonchev–Trinajstić information content (AvgIpc) is 2.36. The van der Waals surface area contributed by atoms with Crippen molar-refractivity contribution in [3.05, 3.63) is 51.6 Å². The molecular weight excluding hydrogens is 332 g/mol. The molecule has 1 aromatic heterocycles. The number of aromatic nitrogens is 1. The first-order valence-corrected chi connectivity index (χ1v) is 8.20. The van der Waals surface area contributed by atoms with Gasteiger partial charge in [-0.25, -0.2) is 4.98 Å². The number of hydrogen-bond acceptors (Lipinski definition) is 3. The second-order valence-corrected chi connectivity index (χ2v) is 6.87. The maximum Gasteiger partial charge on any atom is 0.101 e. The van der Waals surface area contributed by atoms with Gasteiger partial charge >= 0.3 is 0 Å². The Morgan fingerprint density at radius 1 is 1.20 bits per heavy atom. The summed E-state index contributed by atoms with van der Waals surface area (Å²) in [4.78, 5) is 5.76. The molecule has 0 saturated heterocycles. The molecular formula is C16H19BrN2S. The second-order valence-electron chi connectivity index (χ2n) is 4.92. The van der Waals surface area contributed by atoms with Gasteiger partial charge in [0.05, 0.1) is 0 Å². The highest BCUT2D eigenvalue weighted by Crippen LogP contribution is 2.32. The van der Waals surface area contributed by atoms with Crippen LogP contribution >= 0.6 is 27.7 Å². The van der Waals surface area contributed by atoms with Crippen molar-refractivity contribution in [3.8, 4) is 0 Å². The van der Waals surface area contributed by atoms with Crippen LogP contribution in [-0.4, -0.2) is 12.0 Å². The molecule has 0 bridgehead atoms. The number of hydrogen-bond donors (Lipinski definition) is 1. The first kappa shape index (κ1) is 15.5. The molecule has 2 rings (SSSR count). The molecule has 1 N–H and O–H groups in total. The van der Waals surface area contributed by atoms with E-state index in [9.17, 15) is 0 Å². The van der Waals surface area contributed by atoms with Gasteiger partial charge in [-0.1, -0.05) is 33.8 Å². The minimum atomic E-state index is 0.336. The predicted octanol–water partition coefficient (Wildman–Crippen LogP) is 4.89. The van der Waals surface area contributed by atoms with Gasteiger partial charge in [0.15, 0.2) is 0 Å². The molecule has 0 aliphatic rings. The first-order valence-electron chi connectivity index (χ1n) is 6.59. The minimum absolute atomic E-state index is 0.336. The van der Waals surface area contributed by atoms with E-state index in [1.807, 2.05) is 14.0 Å². The maximum atomic E-state index is 4.57. The molecule has 106 valence electrons. The molecule has 20 heavy (non-hydrogen) atoms. The molecule has 1 atom stereocenters. The lowest BCUT2D eigenvalue weighted by Crippen LogP contribution is -2.12. The van der Waals surface area contributed by atoms with Gasteiger partial charge in [0.25, 0.3) is 0 Å². The van der Waals surface area contributed by atoms with E-state index in [-0.39, 0.29) is 0 Å². The topological polar surface area (TPSA) is 24.9 Å². The zero-order valence-electron chi connectivity index (χ0n) is 12.2. The summed E-state index contributed by atoms with van der Waals surface area (Å²) in [5, 5.41) is 4.30. The van der Waals surface area contributed by atoms with Crippen molar-refractivity contribution in [1.29, 1.82) is 0 Å². The van der Waals surface area contributed by atoms with Gasteiger partial charge in [0, 0.05) is 21.1 Å². The van der Waals surface area contributed by atoms with Crippen LogP contribution in [0.3, 0.4) is 0 Å². The summed E-state index contributed by atoms with van der Waals surface area (Å²) in [6, 6.07) is 11.0. The third kappa shape index (κ3) is 3.84. The highest BCUT2D eigenvalue weighted by molar-refractivity contribution is 9.10. The van der Waals surface area contributed by atoms with Gasteiger partial charge in [0.2, 0.25) is 0 Å². The third-order valence-corrected chi connectivity index (χ3v) is 4.76. The zero-order valence-corrected chi connectivity index (χ0v) is 14.6. The lowest BCUT2D eigenvalue weighted by Gasteiger charge is -2.13. The van der Waals surface area contributed by atoms with Crippen molar-refractivity contribution in [2.75, 3.05) is 7.05 Å². The Balaban J connectivity index is 2.24. The summed E-state index contributed by atoms with van der Waals surface area (Å²) in [6.45, 7) is 6.29. The van der Waals surface area contributed by atoms with Crippen LogP contribution in [0.25, 0.3) is 0 Å². The van der Waals surface area contributed by atoms with Crippen molar-refractivity contribution >= 4 is 27.7 Å². The molecule has 4 heteroatoms. The monoisotopic (exact) mass is 350 g/mol. The van der Waals surface area contributed by atoms with E-state index in [4.69, 9.17) is 0 Å². The van der Waals surface area contributed by atoms with Crippen molar-refractivity contribution in [3.63, 3.8) is 0 Å². The van der Waals surface area contributed by atoms with Crippen molar-refractivity contribution in [2.24, 2.45) is 0 Å². The SMILES string of the molecule is CNC(C)c1ccc(Sc2cc(C)cc(C)n2)cc1Br. The van der Waals surface area contributed by atoms with Crippen LogP contribution in [0.15, 0.2) is 44.7 Å². The lowest BCUT2D eigenvalue weighted by molar-refractivity contribution is 0.649. The highest BCUT2D eigenvalue weighted by Gasteiger charge is 2.09. The summed E-state index contributed by atoms with van der Waals surface area (Å²) >= 11 is 5.35. The first-order chi connectivity index (χ1) is 9.49. The number of nitrogens with zero attached hydrogens (tertiary/aromatic N) is 1. The van der Waals surface area contributed by atoms with Gasteiger partial charge in [0.1, 0.15) is 5.03 Å². The minimum Gasteiger partial charge on any atom is -0.313 e. The van der Waals surface area contributed by atoms with E-state index in [1.54, 1.807) is 11.8 Å². The molecule has 0 saturated carbocycles. The van der Waals surface area contributed by atoms with Gasteiger partial charge in [-0.3, -0.25) is 0 Å². The number of halogens is 1. The summed E-state index contributed by atoms with van der Waals surface area (Å²) in [7, 11) is 1.97. The summed E-state index contributed by atoms with van der Waals surface area (Å²) in [5.74, 6) is 0. The standard InChI is InChI=1S/C16H19BrN2S/c1-10-7-11(2)19-16(8-10)20-13-5-6-14(12(3)18-4)15(17)9-13/h5-9,12,18H,1-4H3. The Morgan fingerprint density at radius 3 is 2.55 bits per heavy atom. The fourth-order valence-electron chi connectivity index (χ4n) is 2.06. The van der Waals surface area contributed by atoms with E-state index >= 15 is 0 Å². The van der Waals surface area contributed by atoms with E-state index in [2.05, 4.69) is 70.4 Å². The second kappa shape index (κ2) is 6.74. The van der Waals surface area contributed by atoms with Crippen LogP contribution in [0.5, 0.6) is 0 Å². The number of rotatable bonds is 4. The summed E-state index contributed by atoms with van der Waals surface area (Å²) < 4.78 is 1.13. The number of benzene rings is 1. The molecule has 0 aliphatic carbocycles. The van der Waals surface area contributed by atoms with Crippen molar-refractivity contribution < 1.29 is 0 Å². The smallest absolute Gasteiger partial charge is 0.101 e. The quantitative estimate of drug-likeness (QED) is 0.849. The van der Waals surface area contributed by atoms with E-state index in [0.29, 0.717) is 6.04 Å².